The van der Waals surface area contributed by atoms with Gasteiger partial charge in [0.1, 0.15) is 12.4 Å². The summed E-state index contributed by atoms with van der Waals surface area (Å²) >= 11 is 6.94. The Morgan fingerprint density at radius 3 is 2.39 bits per heavy atom. The van der Waals surface area contributed by atoms with Gasteiger partial charge in [0, 0.05) is 28.6 Å². The van der Waals surface area contributed by atoms with Crippen LogP contribution in [0.3, 0.4) is 0 Å². The molecule has 5 nitrogen and oxygen atoms in total. The van der Waals surface area contributed by atoms with E-state index in [1.54, 1.807) is 0 Å². The van der Waals surface area contributed by atoms with Gasteiger partial charge in [-0.2, -0.15) is 0 Å². The fourth-order valence-electron chi connectivity index (χ4n) is 3.83. The quantitative estimate of drug-likeness (QED) is 0.350. The van der Waals surface area contributed by atoms with E-state index >= 15 is 0 Å². The van der Waals surface area contributed by atoms with Crippen molar-refractivity contribution in [1.82, 2.24) is 9.47 Å². The molecule has 0 N–H and O–H groups in total. The SMILES string of the molecule is CCCN1C(=O)S/C(=C/c2cc(C)n(-c3ccc(OCc4ccc(Cl)cc4)cc3)c2C)C1=O. The van der Waals surface area contributed by atoms with Crippen LogP contribution in [0.5, 0.6) is 5.75 Å². The standard InChI is InChI=1S/C26H25ClN2O3S/c1-4-13-28-25(30)24(33-26(28)31)15-20-14-17(2)29(18(20)3)22-9-11-23(12-10-22)32-16-19-5-7-21(27)8-6-19/h5-12,14-15H,4,13,16H2,1-3H3/b24-15+. The van der Waals surface area contributed by atoms with Crippen LogP contribution < -0.4 is 4.74 Å². The number of nitrogens with zero attached hydrogens (tertiary/aromatic N) is 2. The van der Waals surface area contributed by atoms with Crippen LogP contribution in [-0.4, -0.2) is 27.2 Å². The Kier molecular flexibility index (Phi) is 6.96. The van der Waals surface area contributed by atoms with Gasteiger partial charge >= 0.3 is 0 Å². The number of hydrogen-bond donors (Lipinski definition) is 0. The molecule has 1 aliphatic rings. The fourth-order valence-corrected chi connectivity index (χ4v) is 4.81. The van der Waals surface area contributed by atoms with Gasteiger partial charge in [0.15, 0.2) is 0 Å². The maximum atomic E-state index is 12.6. The van der Waals surface area contributed by atoms with Crippen LogP contribution in [0.25, 0.3) is 11.8 Å². The van der Waals surface area contributed by atoms with Gasteiger partial charge < -0.3 is 9.30 Å². The smallest absolute Gasteiger partial charge is 0.293 e. The molecule has 33 heavy (non-hydrogen) atoms. The van der Waals surface area contributed by atoms with Crippen molar-refractivity contribution in [3.63, 3.8) is 0 Å². The zero-order valence-electron chi connectivity index (χ0n) is 18.8. The van der Waals surface area contributed by atoms with E-state index in [1.165, 1.54) is 4.90 Å². The topological polar surface area (TPSA) is 51.5 Å². The summed E-state index contributed by atoms with van der Waals surface area (Å²) in [5.41, 5.74) is 5.03. The monoisotopic (exact) mass is 480 g/mol. The largest absolute Gasteiger partial charge is 0.489 e. The number of aryl methyl sites for hydroxylation is 1. The van der Waals surface area contributed by atoms with Gasteiger partial charge in [0.05, 0.1) is 4.91 Å². The minimum atomic E-state index is -0.209. The Morgan fingerprint density at radius 1 is 1.03 bits per heavy atom. The van der Waals surface area contributed by atoms with Crippen LogP contribution in [0.2, 0.25) is 5.02 Å². The first kappa shape index (κ1) is 23.2. The Hall–Kier alpha value is -2.96. The normalized spacial score (nSPS) is 15.0. The first-order valence-electron chi connectivity index (χ1n) is 10.8. The predicted octanol–water partition coefficient (Wildman–Crippen LogP) is 6.77. The summed E-state index contributed by atoms with van der Waals surface area (Å²) in [5, 5.41) is 0.507. The van der Waals surface area contributed by atoms with Gasteiger partial charge in [0.2, 0.25) is 0 Å². The first-order valence-corrected chi connectivity index (χ1v) is 12.0. The third kappa shape index (κ3) is 5.02. The highest BCUT2D eigenvalue weighted by atomic mass is 35.5. The highest BCUT2D eigenvalue weighted by Gasteiger charge is 2.34. The summed E-state index contributed by atoms with van der Waals surface area (Å²) in [5.74, 6) is 0.569. The lowest BCUT2D eigenvalue weighted by atomic mass is 10.2. The Bertz CT molecular complexity index is 1210. The molecule has 2 amide bonds. The van der Waals surface area contributed by atoms with E-state index in [1.807, 2.05) is 81.4 Å². The van der Waals surface area contributed by atoms with Gasteiger partial charge in [0.25, 0.3) is 11.1 Å². The minimum Gasteiger partial charge on any atom is -0.489 e. The van der Waals surface area contributed by atoms with Crippen molar-refractivity contribution in [2.45, 2.75) is 33.8 Å². The molecule has 0 radical (unpaired) electrons. The molecule has 7 heteroatoms. The number of hydrogen-bond acceptors (Lipinski definition) is 4. The number of ether oxygens (including phenoxy) is 1. The lowest BCUT2D eigenvalue weighted by Gasteiger charge is -2.12. The average Bonchev–Trinajstić information content (AvgIpc) is 3.23. The molecule has 2 heterocycles. The maximum absolute atomic E-state index is 12.6. The van der Waals surface area contributed by atoms with Crippen LogP contribution in [-0.2, 0) is 11.4 Å². The van der Waals surface area contributed by atoms with Crippen molar-refractivity contribution >= 4 is 40.6 Å². The molecule has 1 aromatic heterocycles. The van der Waals surface area contributed by atoms with Crippen LogP contribution in [0, 0.1) is 13.8 Å². The molecule has 3 aromatic rings. The van der Waals surface area contributed by atoms with E-state index in [0.717, 1.165) is 52.1 Å². The molecule has 1 saturated heterocycles. The molecular weight excluding hydrogens is 456 g/mol. The summed E-state index contributed by atoms with van der Waals surface area (Å²) in [6.45, 7) is 6.91. The van der Waals surface area contributed by atoms with Crippen molar-refractivity contribution in [2.24, 2.45) is 0 Å². The zero-order chi connectivity index (χ0) is 23.5. The van der Waals surface area contributed by atoms with Crippen LogP contribution >= 0.6 is 23.4 Å². The molecule has 0 saturated carbocycles. The Balaban J connectivity index is 1.51. The van der Waals surface area contributed by atoms with Crippen molar-refractivity contribution < 1.29 is 14.3 Å². The second-order valence-corrected chi connectivity index (χ2v) is 9.33. The van der Waals surface area contributed by atoms with E-state index in [-0.39, 0.29) is 11.1 Å². The van der Waals surface area contributed by atoms with Crippen LogP contribution in [0.1, 0.15) is 35.9 Å². The van der Waals surface area contributed by atoms with E-state index in [4.69, 9.17) is 16.3 Å². The summed E-state index contributed by atoms with van der Waals surface area (Å²) in [7, 11) is 0. The molecular formula is C26H25ClN2O3S. The molecule has 0 unspecified atom stereocenters. The maximum Gasteiger partial charge on any atom is 0.293 e. The second kappa shape index (κ2) is 9.89. The summed E-state index contributed by atoms with van der Waals surface area (Å²) in [6.07, 6.45) is 2.57. The summed E-state index contributed by atoms with van der Waals surface area (Å²) < 4.78 is 8.02. The number of carbonyl (C=O) groups excluding carboxylic acids is 2. The zero-order valence-corrected chi connectivity index (χ0v) is 20.4. The number of aromatic nitrogens is 1. The number of rotatable bonds is 7. The number of benzene rings is 2. The van der Waals surface area contributed by atoms with Crippen molar-refractivity contribution in [2.75, 3.05) is 6.54 Å². The van der Waals surface area contributed by atoms with Crippen LogP contribution in [0.15, 0.2) is 59.5 Å². The second-order valence-electron chi connectivity index (χ2n) is 7.90. The van der Waals surface area contributed by atoms with Crippen molar-refractivity contribution in [3.05, 3.63) is 87.0 Å². The van der Waals surface area contributed by atoms with Gasteiger partial charge in [-0.05, 0) is 91.7 Å². The molecule has 0 atom stereocenters. The van der Waals surface area contributed by atoms with E-state index in [2.05, 4.69) is 4.57 Å². The summed E-state index contributed by atoms with van der Waals surface area (Å²) in [6, 6.07) is 17.5. The molecule has 1 aliphatic heterocycles. The number of carbonyl (C=O) groups is 2. The lowest BCUT2D eigenvalue weighted by molar-refractivity contribution is -0.122. The van der Waals surface area contributed by atoms with Gasteiger partial charge in [-0.25, -0.2) is 0 Å². The molecule has 4 rings (SSSR count). The van der Waals surface area contributed by atoms with Crippen LogP contribution in [0.4, 0.5) is 4.79 Å². The number of halogens is 1. The molecule has 170 valence electrons. The minimum absolute atomic E-state index is 0.198. The van der Waals surface area contributed by atoms with Crippen molar-refractivity contribution in [3.8, 4) is 11.4 Å². The molecule has 2 aromatic carbocycles. The molecule has 0 aliphatic carbocycles. The Morgan fingerprint density at radius 2 is 1.73 bits per heavy atom. The fraction of sp³-hybridized carbons (Fsp3) is 0.231. The molecule has 0 spiro atoms. The van der Waals surface area contributed by atoms with Crippen molar-refractivity contribution in [1.29, 1.82) is 0 Å². The number of amides is 2. The van der Waals surface area contributed by atoms with Gasteiger partial charge in [-0.1, -0.05) is 30.7 Å². The highest BCUT2D eigenvalue weighted by molar-refractivity contribution is 8.18. The number of thioether (sulfide) groups is 1. The molecule has 0 bridgehead atoms. The van der Waals surface area contributed by atoms with E-state index < -0.39 is 0 Å². The Labute approximate surface area is 203 Å². The lowest BCUT2D eigenvalue weighted by Crippen LogP contribution is -2.28. The average molecular weight is 481 g/mol. The van der Waals surface area contributed by atoms with Gasteiger partial charge in [-0.3, -0.25) is 14.5 Å². The highest BCUT2D eigenvalue weighted by Crippen LogP contribution is 2.34. The summed E-state index contributed by atoms with van der Waals surface area (Å²) in [4.78, 5) is 26.5. The third-order valence-corrected chi connectivity index (χ3v) is 6.65. The molecule has 1 fully saturated rings. The first-order chi connectivity index (χ1) is 15.9. The number of imide groups is 1. The van der Waals surface area contributed by atoms with E-state index in [0.29, 0.717) is 23.1 Å². The third-order valence-electron chi connectivity index (χ3n) is 5.49. The van der Waals surface area contributed by atoms with E-state index in [9.17, 15) is 9.59 Å². The predicted molar refractivity (Wildman–Crippen MR) is 134 cm³/mol. The van der Waals surface area contributed by atoms with Gasteiger partial charge in [-0.15, -0.1) is 0 Å².